The number of rotatable bonds is 3. The monoisotopic (exact) mass is 479 g/mol. The normalized spacial score (nSPS) is 29.9. The maximum absolute atomic E-state index is 14.2. The number of ether oxygens (including phenoxy) is 1. The molecule has 2 aromatic carbocycles. The summed E-state index contributed by atoms with van der Waals surface area (Å²) in [6, 6.07) is 10.9. The van der Waals surface area contributed by atoms with Gasteiger partial charge in [-0.05, 0) is 50.9 Å². The highest BCUT2D eigenvalue weighted by atomic mass is 35.5. The largest absolute Gasteiger partial charge is 0.495 e. The molecule has 3 saturated heterocycles. The zero-order chi connectivity index (χ0) is 23.9. The van der Waals surface area contributed by atoms with E-state index in [-0.39, 0.29) is 23.8 Å². The quantitative estimate of drug-likeness (QED) is 0.630. The van der Waals surface area contributed by atoms with Gasteiger partial charge in [0.15, 0.2) is 0 Å². The second kappa shape index (κ2) is 7.30. The van der Waals surface area contributed by atoms with Gasteiger partial charge in [-0.1, -0.05) is 29.8 Å². The zero-order valence-electron chi connectivity index (χ0n) is 19.4. The third kappa shape index (κ3) is 2.39. The van der Waals surface area contributed by atoms with Crippen LogP contribution < -0.4 is 14.5 Å². The summed E-state index contributed by atoms with van der Waals surface area (Å²) in [5, 5.41) is 0.497. The third-order valence-electron chi connectivity index (χ3n) is 8.16. The molecule has 0 aromatic heterocycles. The molecular formula is C26H26ClN3O4. The first kappa shape index (κ1) is 21.6. The number of aryl methyl sites for hydroxylation is 1. The Morgan fingerprint density at radius 1 is 1.12 bits per heavy atom. The molecule has 0 saturated carbocycles. The van der Waals surface area contributed by atoms with E-state index in [1.165, 1.54) is 12.0 Å². The predicted molar refractivity (Wildman–Crippen MR) is 128 cm³/mol. The highest BCUT2D eigenvalue weighted by Gasteiger charge is 2.75. The van der Waals surface area contributed by atoms with E-state index in [1.54, 1.807) is 17.0 Å². The molecule has 1 spiro atoms. The van der Waals surface area contributed by atoms with Crippen molar-refractivity contribution in [3.63, 3.8) is 0 Å². The van der Waals surface area contributed by atoms with Crippen LogP contribution in [-0.2, 0) is 19.9 Å². The predicted octanol–water partition coefficient (Wildman–Crippen LogP) is 3.50. The molecule has 4 aliphatic rings. The second-order valence-corrected chi connectivity index (χ2v) is 9.93. The zero-order valence-corrected chi connectivity index (χ0v) is 20.1. The molecule has 34 heavy (non-hydrogen) atoms. The number of amides is 3. The summed E-state index contributed by atoms with van der Waals surface area (Å²) in [5.41, 5.74) is 1.64. The lowest BCUT2D eigenvalue weighted by Crippen LogP contribution is -2.56. The molecule has 0 aliphatic carbocycles. The Morgan fingerprint density at radius 2 is 1.88 bits per heavy atom. The van der Waals surface area contributed by atoms with Crippen LogP contribution in [0.5, 0.6) is 5.75 Å². The van der Waals surface area contributed by atoms with Gasteiger partial charge >= 0.3 is 0 Å². The Bertz CT molecular complexity index is 1260. The number of para-hydroxylation sites is 1. The lowest BCUT2D eigenvalue weighted by Gasteiger charge is -2.37. The summed E-state index contributed by atoms with van der Waals surface area (Å²) in [6.45, 7) is 4.97. The first-order chi connectivity index (χ1) is 16.4. The van der Waals surface area contributed by atoms with Crippen LogP contribution in [0.3, 0.4) is 0 Å². The fraction of sp³-hybridized carbons (Fsp3) is 0.423. The molecule has 3 amide bonds. The number of carbonyl (C=O) groups is 3. The van der Waals surface area contributed by atoms with E-state index in [4.69, 9.17) is 16.3 Å². The topological polar surface area (TPSA) is 70.2 Å². The number of methoxy groups -OCH3 is 1. The highest BCUT2D eigenvalue weighted by molar-refractivity contribution is 6.32. The molecule has 3 fully saturated rings. The van der Waals surface area contributed by atoms with Gasteiger partial charge in [0.2, 0.25) is 11.8 Å². The summed E-state index contributed by atoms with van der Waals surface area (Å²) < 4.78 is 5.51. The summed E-state index contributed by atoms with van der Waals surface area (Å²) >= 11 is 6.29. The van der Waals surface area contributed by atoms with Crippen LogP contribution in [-0.4, -0.2) is 48.9 Å². The number of carbonyl (C=O) groups excluding carboxylic acids is 3. The number of benzene rings is 2. The number of hydrogen-bond donors (Lipinski definition) is 0. The highest BCUT2D eigenvalue weighted by Crippen LogP contribution is 2.62. The van der Waals surface area contributed by atoms with E-state index in [9.17, 15) is 14.4 Å². The van der Waals surface area contributed by atoms with E-state index < -0.39 is 17.4 Å². The Hall–Kier alpha value is -2.90. The van der Waals surface area contributed by atoms with Gasteiger partial charge in [0.1, 0.15) is 11.3 Å². The van der Waals surface area contributed by atoms with E-state index in [1.807, 2.05) is 38.1 Å². The molecule has 8 heteroatoms. The van der Waals surface area contributed by atoms with Crippen molar-refractivity contribution in [2.24, 2.45) is 11.8 Å². The SMILES string of the molecule is CCN1C(=O)[C@@]2(c3ccccc31)[C@@H]1C(=O)N(c3cc(C)c(Cl)cc3OC)C(=O)[C@@H]1[C@@H]1CCCN12. The minimum absolute atomic E-state index is 0.0992. The summed E-state index contributed by atoms with van der Waals surface area (Å²) in [4.78, 5) is 47.6. The Morgan fingerprint density at radius 3 is 2.62 bits per heavy atom. The molecule has 7 nitrogen and oxygen atoms in total. The number of halogens is 1. The molecule has 4 heterocycles. The molecule has 0 unspecified atom stereocenters. The Kier molecular flexibility index (Phi) is 4.64. The molecule has 176 valence electrons. The number of anilines is 2. The van der Waals surface area contributed by atoms with E-state index in [0.717, 1.165) is 29.7 Å². The molecule has 4 atom stereocenters. The van der Waals surface area contributed by atoms with Gasteiger partial charge in [0, 0.05) is 34.9 Å². The average Bonchev–Trinajstić information content (AvgIpc) is 3.53. The smallest absolute Gasteiger partial charge is 0.253 e. The van der Waals surface area contributed by atoms with Gasteiger partial charge in [-0.15, -0.1) is 0 Å². The molecule has 0 radical (unpaired) electrons. The van der Waals surface area contributed by atoms with Gasteiger partial charge in [-0.25, -0.2) is 4.90 Å². The second-order valence-electron chi connectivity index (χ2n) is 9.52. The van der Waals surface area contributed by atoms with Crippen LogP contribution in [0.1, 0.15) is 30.9 Å². The van der Waals surface area contributed by atoms with Gasteiger partial charge in [0.25, 0.3) is 5.91 Å². The minimum Gasteiger partial charge on any atom is -0.495 e. The third-order valence-corrected chi connectivity index (χ3v) is 8.57. The fourth-order valence-corrected chi connectivity index (χ4v) is 7.03. The van der Waals surface area contributed by atoms with Crippen LogP contribution in [0, 0.1) is 18.8 Å². The first-order valence-corrected chi connectivity index (χ1v) is 12.2. The van der Waals surface area contributed by atoms with Crippen molar-refractivity contribution in [3.05, 3.63) is 52.5 Å². The summed E-state index contributed by atoms with van der Waals surface area (Å²) in [5.74, 6) is -1.70. The first-order valence-electron chi connectivity index (χ1n) is 11.8. The van der Waals surface area contributed by atoms with Crippen molar-refractivity contribution in [2.45, 2.75) is 38.3 Å². The van der Waals surface area contributed by atoms with Crippen molar-refractivity contribution in [3.8, 4) is 5.75 Å². The van der Waals surface area contributed by atoms with Crippen molar-refractivity contribution in [2.75, 3.05) is 30.0 Å². The van der Waals surface area contributed by atoms with Crippen molar-refractivity contribution in [1.29, 1.82) is 0 Å². The number of fused-ring (bicyclic) bond motifs is 7. The Labute approximate surface area is 203 Å². The minimum atomic E-state index is -1.16. The van der Waals surface area contributed by atoms with Crippen molar-refractivity contribution < 1.29 is 19.1 Å². The van der Waals surface area contributed by atoms with Gasteiger partial charge < -0.3 is 9.64 Å². The molecular weight excluding hydrogens is 454 g/mol. The Balaban J connectivity index is 1.57. The summed E-state index contributed by atoms with van der Waals surface area (Å²) in [7, 11) is 1.49. The van der Waals surface area contributed by atoms with Gasteiger partial charge in [-0.2, -0.15) is 0 Å². The van der Waals surface area contributed by atoms with Gasteiger partial charge in [-0.3, -0.25) is 19.3 Å². The van der Waals surface area contributed by atoms with Crippen LogP contribution in [0.4, 0.5) is 11.4 Å². The number of likely N-dealkylation sites (N-methyl/N-ethyl adjacent to an activating group) is 1. The molecule has 0 bridgehead atoms. The molecule has 0 N–H and O–H groups in total. The van der Waals surface area contributed by atoms with Crippen molar-refractivity contribution >= 4 is 40.7 Å². The van der Waals surface area contributed by atoms with E-state index in [2.05, 4.69) is 4.90 Å². The fourth-order valence-electron chi connectivity index (χ4n) is 6.88. The number of imide groups is 1. The van der Waals surface area contributed by atoms with E-state index in [0.29, 0.717) is 29.5 Å². The van der Waals surface area contributed by atoms with Crippen LogP contribution in [0.25, 0.3) is 0 Å². The summed E-state index contributed by atoms with van der Waals surface area (Å²) in [6.07, 6.45) is 1.68. The van der Waals surface area contributed by atoms with E-state index >= 15 is 0 Å². The van der Waals surface area contributed by atoms with Gasteiger partial charge in [0.05, 0.1) is 24.6 Å². The molecule has 2 aromatic rings. The molecule has 6 rings (SSSR count). The number of nitrogens with zero attached hydrogens (tertiary/aromatic N) is 3. The average molecular weight is 480 g/mol. The van der Waals surface area contributed by atoms with Crippen molar-refractivity contribution in [1.82, 2.24) is 4.90 Å². The lowest BCUT2D eigenvalue weighted by atomic mass is 9.75. The van der Waals surface area contributed by atoms with Crippen LogP contribution in [0.15, 0.2) is 36.4 Å². The molecule has 4 aliphatic heterocycles. The van der Waals surface area contributed by atoms with Crippen LogP contribution in [0.2, 0.25) is 5.02 Å². The number of hydrogen-bond acceptors (Lipinski definition) is 5. The maximum Gasteiger partial charge on any atom is 0.253 e. The van der Waals surface area contributed by atoms with Crippen LogP contribution >= 0.6 is 11.6 Å². The standard InChI is InChI=1S/C26H26ClN3O4/c1-4-28-17-9-6-5-8-15(17)26(25(28)33)22-21(18-10-7-11-29(18)26)23(31)30(24(22)32)19-12-14(2)16(27)13-20(19)34-3/h5-6,8-9,12-13,18,21-22H,4,7,10-11H2,1-3H3/t18-,21+,22-,26+/m0/s1. The lowest BCUT2D eigenvalue weighted by molar-refractivity contribution is -0.137. The maximum atomic E-state index is 14.2.